The van der Waals surface area contributed by atoms with Crippen LogP contribution in [0.3, 0.4) is 0 Å². The second kappa shape index (κ2) is 10.00. The van der Waals surface area contributed by atoms with Crippen LogP contribution in [0.1, 0.15) is 60.0 Å². The van der Waals surface area contributed by atoms with E-state index < -0.39 is 5.97 Å². The Morgan fingerprint density at radius 2 is 1.72 bits per heavy atom. The fraction of sp³-hybridized carbons (Fsp3) is 0.409. The van der Waals surface area contributed by atoms with E-state index in [1.807, 2.05) is 12.1 Å². The zero-order chi connectivity index (χ0) is 18.1. The number of carboxylic acids is 1. The molecule has 0 unspecified atom stereocenters. The van der Waals surface area contributed by atoms with Crippen LogP contribution in [0, 0.1) is 0 Å². The summed E-state index contributed by atoms with van der Waals surface area (Å²) in [5.41, 5.74) is 3.06. The molecule has 0 saturated heterocycles. The number of hydrogen-bond acceptors (Lipinski definition) is 2. The van der Waals surface area contributed by atoms with E-state index >= 15 is 0 Å². The van der Waals surface area contributed by atoms with Crippen molar-refractivity contribution in [2.24, 2.45) is 0 Å². The molecule has 1 aliphatic rings. The van der Waals surface area contributed by atoms with Gasteiger partial charge < -0.3 is 10.0 Å². The second-order valence-corrected chi connectivity index (χ2v) is 6.78. The lowest BCUT2D eigenvalue weighted by Gasteiger charge is -2.25. The predicted octanol–water partition coefficient (Wildman–Crippen LogP) is 5.18. The van der Waals surface area contributed by atoms with Crippen molar-refractivity contribution in [2.75, 3.05) is 13.6 Å². The fourth-order valence-electron chi connectivity index (χ4n) is 3.00. The Kier molecular flexibility index (Phi) is 7.68. The highest BCUT2D eigenvalue weighted by atomic mass is 16.4. The smallest absolute Gasteiger partial charge is 0.335 e. The molecular formula is C22H29NO2. The molecule has 1 aliphatic carbocycles. The summed E-state index contributed by atoms with van der Waals surface area (Å²) in [6.45, 7) is 4.45. The van der Waals surface area contributed by atoms with Gasteiger partial charge in [0.05, 0.1) is 5.56 Å². The molecule has 0 amide bonds. The molecule has 1 fully saturated rings. The summed E-state index contributed by atoms with van der Waals surface area (Å²) in [6.07, 6.45) is 5.05. The average Bonchev–Trinajstić information content (AvgIpc) is 2.55. The molecule has 0 heterocycles. The van der Waals surface area contributed by atoms with Crippen molar-refractivity contribution in [1.29, 1.82) is 0 Å². The van der Waals surface area contributed by atoms with Crippen LogP contribution in [-0.4, -0.2) is 29.6 Å². The van der Waals surface area contributed by atoms with Crippen molar-refractivity contribution >= 4 is 5.97 Å². The largest absolute Gasteiger partial charge is 0.478 e. The molecule has 3 heteroatoms. The SMILES string of the molecule is CCCN(C)Cc1ccccc1.O=C(O)c1ccc(C2CCC2)cc1. The van der Waals surface area contributed by atoms with Gasteiger partial charge in [-0.15, -0.1) is 0 Å². The predicted molar refractivity (Wildman–Crippen MR) is 103 cm³/mol. The molecule has 2 aromatic rings. The van der Waals surface area contributed by atoms with Crippen molar-refractivity contribution in [1.82, 2.24) is 4.90 Å². The normalized spacial score (nSPS) is 13.7. The Labute approximate surface area is 151 Å². The number of aromatic carboxylic acids is 1. The molecule has 3 nitrogen and oxygen atoms in total. The van der Waals surface area contributed by atoms with Crippen molar-refractivity contribution in [3.05, 3.63) is 71.3 Å². The maximum absolute atomic E-state index is 10.6. The van der Waals surface area contributed by atoms with E-state index in [4.69, 9.17) is 5.11 Å². The first kappa shape index (κ1) is 19.2. The van der Waals surface area contributed by atoms with Gasteiger partial charge in [0.1, 0.15) is 0 Å². The third-order valence-electron chi connectivity index (χ3n) is 4.63. The molecule has 134 valence electrons. The Balaban J connectivity index is 0.000000181. The molecular weight excluding hydrogens is 310 g/mol. The van der Waals surface area contributed by atoms with E-state index in [9.17, 15) is 4.79 Å². The molecule has 0 spiro atoms. The number of carboxylic acid groups (broad SMARTS) is 1. The number of rotatable bonds is 6. The number of benzene rings is 2. The van der Waals surface area contributed by atoms with E-state index in [2.05, 4.69) is 49.2 Å². The lowest BCUT2D eigenvalue weighted by atomic mass is 9.80. The fourth-order valence-corrected chi connectivity index (χ4v) is 3.00. The van der Waals surface area contributed by atoms with Crippen LogP contribution in [0.2, 0.25) is 0 Å². The zero-order valence-corrected chi connectivity index (χ0v) is 15.3. The summed E-state index contributed by atoms with van der Waals surface area (Å²) in [5, 5.41) is 8.69. The van der Waals surface area contributed by atoms with Crippen LogP contribution in [0.5, 0.6) is 0 Å². The molecule has 0 atom stereocenters. The molecule has 2 aromatic carbocycles. The van der Waals surface area contributed by atoms with Gasteiger partial charge in [-0.2, -0.15) is 0 Å². The summed E-state index contributed by atoms with van der Waals surface area (Å²) >= 11 is 0. The Morgan fingerprint density at radius 1 is 1.08 bits per heavy atom. The van der Waals surface area contributed by atoms with Gasteiger partial charge in [-0.25, -0.2) is 4.79 Å². The molecule has 3 rings (SSSR count). The van der Waals surface area contributed by atoms with Crippen LogP contribution >= 0.6 is 0 Å². The zero-order valence-electron chi connectivity index (χ0n) is 15.3. The van der Waals surface area contributed by atoms with Crippen LogP contribution in [-0.2, 0) is 6.54 Å². The van der Waals surface area contributed by atoms with Crippen LogP contribution in [0.15, 0.2) is 54.6 Å². The van der Waals surface area contributed by atoms with Gasteiger partial charge in [0.25, 0.3) is 0 Å². The summed E-state index contributed by atoms with van der Waals surface area (Å²) in [4.78, 5) is 12.9. The topological polar surface area (TPSA) is 40.5 Å². The minimum atomic E-state index is -0.847. The number of nitrogens with zero attached hydrogens (tertiary/aromatic N) is 1. The Morgan fingerprint density at radius 3 is 2.20 bits per heavy atom. The van der Waals surface area contributed by atoms with E-state index in [1.54, 1.807) is 12.1 Å². The van der Waals surface area contributed by atoms with Crippen molar-refractivity contribution in [2.45, 2.75) is 45.1 Å². The van der Waals surface area contributed by atoms with E-state index in [-0.39, 0.29) is 0 Å². The molecule has 1 saturated carbocycles. The van der Waals surface area contributed by atoms with Gasteiger partial charge in [0.15, 0.2) is 0 Å². The van der Waals surface area contributed by atoms with Crippen molar-refractivity contribution in [3.8, 4) is 0 Å². The van der Waals surface area contributed by atoms with Gasteiger partial charge in [0.2, 0.25) is 0 Å². The highest BCUT2D eigenvalue weighted by Crippen LogP contribution is 2.36. The van der Waals surface area contributed by atoms with Crippen LogP contribution in [0.4, 0.5) is 0 Å². The first-order valence-electron chi connectivity index (χ1n) is 9.16. The van der Waals surface area contributed by atoms with Gasteiger partial charge >= 0.3 is 5.97 Å². The van der Waals surface area contributed by atoms with E-state index in [0.717, 1.165) is 6.54 Å². The maximum Gasteiger partial charge on any atom is 0.335 e. The quantitative estimate of drug-likeness (QED) is 0.788. The van der Waals surface area contributed by atoms with Crippen molar-refractivity contribution < 1.29 is 9.90 Å². The van der Waals surface area contributed by atoms with Gasteiger partial charge in [-0.05, 0) is 62.0 Å². The minimum absolute atomic E-state index is 0.378. The molecule has 1 N–H and O–H groups in total. The Hall–Kier alpha value is -2.13. The average molecular weight is 339 g/mol. The van der Waals surface area contributed by atoms with Gasteiger partial charge in [-0.3, -0.25) is 0 Å². The molecule has 25 heavy (non-hydrogen) atoms. The molecule has 0 radical (unpaired) electrons. The maximum atomic E-state index is 10.6. The van der Waals surface area contributed by atoms with Gasteiger partial charge in [-0.1, -0.05) is 55.8 Å². The molecule has 0 bridgehead atoms. The van der Waals surface area contributed by atoms with Crippen molar-refractivity contribution in [3.63, 3.8) is 0 Å². The van der Waals surface area contributed by atoms with E-state index in [1.165, 1.54) is 43.4 Å². The number of hydrogen-bond donors (Lipinski definition) is 1. The first-order chi connectivity index (χ1) is 12.1. The highest BCUT2D eigenvalue weighted by molar-refractivity contribution is 5.87. The lowest BCUT2D eigenvalue weighted by Crippen LogP contribution is -2.18. The second-order valence-electron chi connectivity index (χ2n) is 6.78. The minimum Gasteiger partial charge on any atom is -0.478 e. The monoisotopic (exact) mass is 339 g/mol. The first-order valence-corrected chi connectivity index (χ1v) is 9.16. The third-order valence-corrected chi connectivity index (χ3v) is 4.63. The van der Waals surface area contributed by atoms with E-state index in [0.29, 0.717) is 11.5 Å². The van der Waals surface area contributed by atoms with Crippen LogP contribution < -0.4 is 0 Å². The van der Waals surface area contributed by atoms with Crippen LogP contribution in [0.25, 0.3) is 0 Å². The molecule has 0 aromatic heterocycles. The van der Waals surface area contributed by atoms with Gasteiger partial charge in [0, 0.05) is 6.54 Å². The number of carbonyl (C=O) groups is 1. The third kappa shape index (κ3) is 6.35. The standard InChI is InChI=1S/C11H17N.C11H12O2/c1-3-9-12(2)10-11-7-5-4-6-8-11;12-11(13)10-6-4-9(5-7-10)8-2-1-3-8/h4-8H,3,9-10H2,1-2H3;4-8H,1-3H2,(H,12,13). The summed E-state index contributed by atoms with van der Waals surface area (Å²) in [5.74, 6) is -0.164. The summed E-state index contributed by atoms with van der Waals surface area (Å²) in [6, 6.07) is 17.8. The lowest BCUT2D eigenvalue weighted by molar-refractivity contribution is 0.0697. The molecule has 0 aliphatic heterocycles. The Bertz CT molecular complexity index is 633. The highest BCUT2D eigenvalue weighted by Gasteiger charge is 2.19. The summed E-state index contributed by atoms with van der Waals surface area (Å²) in [7, 11) is 2.16. The summed E-state index contributed by atoms with van der Waals surface area (Å²) < 4.78 is 0.